The molecule has 10 heterocycles. The Morgan fingerprint density at radius 3 is 1.59 bits per heavy atom. The number of aromatic nitrogens is 6. The van der Waals surface area contributed by atoms with Crippen molar-refractivity contribution in [2.45, 2.75) is 56.3 Å². The lowest BCUT2D eigenvalue weighted by Crippen LogP contribution is -2.45. The van der Waals surface area contributed by atoms with Crippen LogP contribution in [-0.4, -0.2) is 125 Å². The second-order valence-corrected chi connectivity index (χ2v) is 16.7. The number of methoxy groups -OCH3 is 2. The molecule has 6 aromatic heterocycles. The highest BCUT2D eigenvalue weighted by Gasteiger charge is 2.33. The van der Waals surface area contributed by atoms with E-state index in [9.17, 15) is 4.79 Å². The lowest BCUT2D eigenvalue weighted by Gasteiger charge is -2.34. The van der Waals surface area contributed by atoms with Crippen molar-refractivity contribution >= 4 is 28.7 Å². The number of carbonyl (C=O) groups is 1. The number of piperazine rings is 2. The summed E-state index contributed by atoms with van der Waals surface area (Å²) in [7, 11) is 7.69. The summed E-state index contributed by atoms with van der Waals surface area (Å²) in [5.41, 5.74) is 5.67. The summed E-state index contributed by atoms with van der Waals surface area (Å²) in [6, 6.07) is 20.3. The Kier molecular flexibility index (Phi) is 12.1. The number of anilines is 2. The number of pyridine rings is 4. The predicted octanol–water partition coefficient (Wildman–Crippen LogP) is 5.27. The SMILES string of the molecule is COc1cccnc1C1CC(=O)CC(c2cn3c(N4CCN(C)CC4)cccc3n2)N1.COc1cccnc1[C@@H]1CCCC(c2cn3c(N4CCN(C)CC4)cccc3n2)N1. The van der Waals surface area contributed by atoms with Crippen LogP contribution in [0.3, 0.4) is 0 Å². The zero-order valence-electron chi connectivity index (χ0n) is 35.8. The average Bonchev–Trinajstić information content (AvgIpc) is 3.95. The Morgan fingerprint density at radius 2 is 1.05 bits per heavy atom. The fourth-order valence-corrected chi connectivity index (χ4v) is 9.28. The topological polar surface area (TPSA) is 133 Å². The van der Waals surface area contributed by atoms with Gasteiger partial charge in [0, 0.05) is 90.0 Å². The Morgan fingerprint density at radius 1 is 0.574 bits per heavy atom. The van der Waals surface area contributed by atoms with Crippen molar-refractivity contribution in [2.24, 2.45) is 0 Å². The fraction of sp³-hybridized carbons (Fsp3) is 0.457. The quantitative estimate of drug-likeness (QED) is 0.207. The zero-order valence-corrected chi connectivity index (χ0v) is 35.8. The van der Waals surface area contributed by atoms with Crippen molar-refractivity contribution in [1.29, 1.82) is 0 Å². The number of piperidine rings is 2. The summed E-state index contributed by atoms with van der Waals surface area (Å²) < 4.78 is 15.4. The van der Waals surface area contributed by atoms with E-state index in [2.05, 4.69) is 106 Å². The number of ketones is 1. The molecule has 2 N–H and O–H groups in total. The summed E-state index contributed by atoms with van der Waals surface area (Å²) >= 11 is 0. The monoisotopic (exact) mass is 826 g/mol. The van der Waals surface area contributed by atoms with Gasteiger partial charge >= 0.3 is 0 Å². The number of fused-ring (bicyclic) bond motifs is 2. The molecule has 0 spiro atoms. The van der Waals surface area contributed by atoms with Crippen molar-refractivity contribution in [3.63, 3.8) is 0 Å². The van der Waals surface area contributed by atoms with Crippen molar-refractivity contribution in [1.82, 2.24) is 49.2 Å². The van der Waals surface area contributed by atoms with Crippen LogP contribution in [-0.2, 0) is 4.79 Å². The van der Waals surface area contributed by atoms with E-state index in [0.29, 0.717) is 18.6 Å². The van der Waals surface area contributed by atoms with Gasteiger partial charge in [-0.3, -0.25) is 28.9 Å². The number of hydrogen-bond acceptors (Lipinski definition) is 13. The van der Waals surface area contributed by atoms with Crippen LogP contribution in [0, 0.1) is 0 Å². The van der Waals surface area contributed by atoms with Gasteiger partial charge in [0.15, 0.2) is 0 Å². The summed E-state index contributed by atoms with van der Waals surface area (Å²) in [5, 5.41) is 7.39. The zero-order chi connectivity index (χ0) is 41.9. The Balaban J connectivity index is 0.000000156. The average molecular weight is 827 g/mol. The molecule has 4 aliphatic rings. The molecule has 15 heteroatoms. The fourth-order valence-electron chi connectivity index (χ4n) is 9.28. The Labute approximate surface area is 357 Å². The molecule has 3 unspecified atom stereocenters. The first-order valence-corrected chi connectivity index (χ1v) is 21.7. The predicted molar refractivity (Wildman–Crippen MR) is 237 cm³/mol. The van der Waals surface area contributed by atoms with Gasteiger partial charge in [0.2, 0.25) is 0 Å². The second-order valence-electron chi connectivity index (χ2n) is 16.7. The van der Waals surface area contributed by atoms with Gasteiger partial charge in [-0.1, -0.05) is 12.1 Å². The van der Waals surface area contributed by atoms with Crippen molar-refractivity contribution in [3.05, 3.63) is 108 Å². The number of carbonyl (C=O) groups excluding carboxylic acids is 1. The minimum Gasteiger partial charge on any atom is -0.495 e. The molecule has 0 aromatic carbocycles. The van der Waals surface area contributed by atoms with Gasteiger partial charge in [0.05, 0.1) is 61.2 Å². The number of rotatable bonds is 8. The molecule has 4 saturated heterocycles. The van der Waals surface area contributed by atoms with Gasteiger partial charge in [-0.15, -0.1) is 0 Å². The molecule has 10 rings (SSSR count). The van der Waals surface area contributed by atoms with E-state index in [1.54, 1.807) is 20.4 Å². The summed E-state index contributed by atoms with van der Waals surface area (Å²) in [6.07, 6.45) is 12.0. The first kappa shape index (κ1) is 40.8. The molecule has 320 valence electrons. The number of imidazole rings is 2. The van der Waals surface area contributed by atoms with Crippen LogP contribution in [0.4, 0.5) is 11.6 Å². The normalized spacial score (nSPS) is 22.9. The van der Waals surface area contributed by atoms with Crippen LogP contribution in [0.5, 0.6) is 11.5 Å². The van der Waals surface area contributed by atoms with E-state index in [4.69, 9.17) is 19.4 Å². The van der Waals surface area contributed by atoms with Crippen molar-refractivity contribution < 1.29 is 14.3 Å². The molecule has 0 amide bonds. The molecule has 0 aliphatic carbocycles. The van der Waals surface area contributed by atoms with Crippen LogP contribution in [0.25, 0.3) is 11.3 Å². The molecule has 4 atom stereocenters. The number of likely N-dealkylation sites (N-methyl/N-ethyl adjacent to an activating group) is 2. The van der Waals surface area contributed by atoms with Crippen LogP contribution in [0.2, 0.25) is 0 Å². The molecule has 15 nitrogen and oxygen atoms in total. The van der Waals surface area contributed by atoms with E-state index < -0.39 is 0 Å². The molecule has 0 saturated carbocycles. The third-order valence-electron chi connectivity index (χ3n) is 12.7. The van der Waals surface area contributed by atoms with E-state index in [1.807, 2.05) is 36.5 Å². The number of nitrogens with zero attached hydrogens (tertiary/aromatic N) is 10. The standard InChI is InChI=1S/C23H28N6O2.C23H30N6O/c1-27-9-11-28(12-10-27)22-7-3-6-21-26-19(15-29(21)22)17-13-16(30)14-18(25-17)23-20(31-2)5-4-8-24-23;1-27-12-14-28(15-13-27)22-10-4-9-21-26-19(16-29(21)22)17-6-3-7-18(25-17)23-20(30-2)8-5-11-24-23/h3-8,15,17-18,25H,9-14H2,1-2H3;4-5,8-11,16-18,25H,3,6-7,12-15H2,1-2H3/t;17?,18-/m.0/s1. The minimum atomic E-state index is -0.190. The third kappa shape index (κ3) is 8.78. The highest BCUT2D eigenvalue weighted by molar-refractivity contribution is 5.81. The lowest BCUT2D eigenvalue weighted by molar-refractivity contribution is -0.121. The van der Waals surface area contributed by atoms with Gasteiger partial charge in [-0.25, -0.2) is 9.97 Å². The molecule has 61 heavy (non-hydrogen) atoms. The van der Waals surface area contributed by atoms with Crippen LogP contribution in [0.15, 0.2) is 85.5 Å². The second kappa shape index (κ2) is 18.2. The van der Waals surface area contributed by atoms with Crippen molar-refractivity contribution in [2.75, 3.05) is 90.5 Å². The summed E-state index contributed by atoms with van der Waals surface area (Å²) in [6.45, 7) is 8.36. The van der Waals surface area contributed by atoms with Crippen molar-refractivity contribution in [3.8, 4) is 11.5 Å². The molecule has 4 fully saturated rings. The summed E-state index contributed by atoms with van der Waals surface area (Å²) in [5.74, 6) is 4.13. The maximum Gasteiger partial charge on any atom is 0.141 e. The number of nitrogens with one attached hydrogen (secondary N) is 2. The number of ether oxygens (including phenoxy) is 2. The van der Waals surface area contributed by atoms with E-state index >= 15 is 0 Å². The van der Waals surface area contributed by atoms with E-state index in [1.165, 1.54) is 5.82 Å². The highest BCUT2D eigenvalue weighted by Crippen LogP contribution is 2.36. The lowest BCUT2D eigenvalue weighted by atomic mass is 9.93. The first-order valence-electron chi connectivity index (χ1n) is 21.7. The highest BCUT2D eigenvalue weighted by atomic mass is 16.5. The van der Waals surface area contributed by atoms with Crippen LogP contribution in [0.1, 0.15) is 79.0 Å². The minimum absolute atomic E-state index is 0.154. The molecular formula is C46H58N12O3. The summed E-state index contributed by atoms with van der Waals surface area (Å²) in [4.78, 5) is 41.2. The largest absolute Gasteiger partial charge is 0.495 e. The maximum atomic E-state index is 12.6. The molecular weight excluding hydrogens is 769 g/mol. The van der Waals surface area contributed by atoms with Gasteiger partial charge in [0.25, 0.3) is 0 Å². The van der Waals surface area contributed by atoms with Crippen LogP contribution >= 0.6 is 0 Å². The first-order chi connectivity index (χ1) is 29.8. The van der Waals surface area contributed by atoms with Gasteiger partial charge in [-0.05, 0) is 81.9 Å². The van der Waals surface area contributed by atoms with E-state index in [0.717, 1.165) is 117 Å². The smallest absolute Gasteiger partial charge is 0.141 e. The molecule has 0 radical (unpaired) electrons. The third-order valence-corrected chi connectivity index (χ3v) is 12.7. The molecule has 0 bridgehead atoms. The number of Topliss-reactive ketones (excluding diaryl/α,β-unsaturated/α-hetero) is 1. The Bertz CT molecular complexity index is 2440. The Hall–Kier alpha value is -5.61. The van der Waals surface area contributed by atoms with Gasteiger partial charge in [-0.2, -0.15) is 0 Å². The van der Waals surface area contributed by atoms with E-state index in [-0.39, 0.29) is 30.0 Å². The maximum absolute atomic E-state index is 12.6. The number of hydrogen-bond donors (Lipinski definition) is 2. The van der Waals surface area contributed by atoms with Gasteiger partial charge in [0.1, 0.15) is 40.2 Å². The molecule has 4 aliphatic heterocycles. The van der Waals surface area contributed by atoms with Crippen LogP contribution < -0.4 is 29.9 Å². The van der Waals surface area contributed by atoms with Gasteiger partial charge < -0.3 is 34.4 Å². The molecule has 6 aromatic rings.